The molecule has 138 valence electrons. The van der Waals surface area contributed by atoms with Crippen LogP contribution in [0.3, 0.4) is 0 Å². The molecule has 0 aliphatic heterocycles. The molecule has 6 heteroatoms. The number of nitrogens with one attached hydrogen (secondary N) is 1. The van der Waals surface area contributed by atoms with E-state index in [1.54, 1.807) is 57.7 Å². The van der Waals surface area contributed by atoms with Crippen molar-refractivity contribution in [3.8, 4) is 17.2 Å². The third-order valence-corrected chi connectivity index (χ3v) is 3.91. The summed E-state index contributed by atoms with van der Waals surface area (Å²) in [6, 6.07) is 12.3. The number of carbonyl (C=O) groups excluding carboxylic acids is 2. The van der Waals surface area contributed by atoms with Gasteiger partial charge in [0, 0.05) is 24.9 Å². The first-order valence-electron chi connectivity index (χ1n) is 8.22. The zero-order chi connectivity index (χ0) is 18.9. The topological polar surface area (TPSA) is 73.9 Å². The standard InChI is InChI=1S/C20H23NO5/c1-24-16-6-4-5-15(12-16)17(22)8-10-20(23)21-13-14-7-9-18(25-2)19(11-14)26-3/h4-7,9,11-12H,8,10,13H2,1-3H3,(H,21,23). The molecule has 0 aliphatic carbocycles. The predicted octanol–water partition coefficient (Wildman–Crippen LogP) is 2.99. The Morgan fingerprint density at radius 1 is 0.885 bits per heavy atom. The lowest BCUT2D eigenvalue weighted by atomic mass is 10.1. The molecule has 26 heavy (non-hydrogen) atoms. The summed E-state index contributed by atoms with van der Waals surface area (Å²) in [7, 11) is 4.67. The average Bonchev–Trinajstić information content (AvgIpc) is 2.70. The van der Waals surface area contributed by atoms with Crippen LogP contribution in [0.5, 0.6) is 17.2 Å². The number of benzene rings is 2. The molecule has 0 atom stereocenters. The van der Waals surface area contributed by atoms with E-state index in [-0.39, 0.29) is 24.5 Å². The van der Waals surface area contributed by atoms with Crippen LogP contribution in [-0.4, -0.2) is 33.0 Å². The maximum absolute atomic E-state index is 12.2. The fourth-order valence-corrected chi connectivity index (χ4v) is 2.45. The van der Waals surface area contributed by atoms with E-state index in [1.165, 1.54) is 0 Å². The van der Waals surface area contributed by atoms with Crippen molar-refractivity contribution in [3.63, 3.8) is 0 Å². The van der Waals surface area contributed by atoms with E-state index < -0.39 is 0 Å². The lowest BCUT2D eigenvalue weighted by molar-refractivity contribution is -0.121. The molecule has 0 bridgehead atoms. The van der Waals surface area contributed by atoms with Gasteiger partial charge in [-0.1, -0.05) is 18.2 Å². The molecule has 0 fully saturated rings. The summed E-state index contributed by atoms with van der Waals surface area (Å²) in [5.74, 6) is 1.58. The smallest absolute Gasteiger partial charge is 0.220 e. The van der Waals surface area contributed by atoms with E-state index in [1.807, 2.05) is 6.07 Å². The Labute approximate surface area is 153 Å². The molecule has 1 N–H and O–H groups in total. The molecule has 0 spiro atoms. The summed E-state index contributed by atoms with van der Waals surface area (Å²) in [6.45, 7) is 0.354. The Bertz CT molecular complexity index is 773. The number of hydrogen-bond acceptors (Lipinski definition) is 5. The highest BCUT2D eigenvalue weighted by Crippen LogP contribution is 2.27. The van der Waals surface area contributed by atoms with Gasteiger partial charge in [0.25, 0.3) is 0 Å². The highest BCUT2D eigenvalue weighted by Gasteiger charge is 2.11. The van der Waals surface area contributed by atoms with Crippen molar-refractivity contribution in [2.75, 3.05) is 21.3 Å². The highest BCUT2D eigenvalue weighted by atomic mass is 16.5. The summed E-state index contributed by atoms with van der Waals surface area (Å²) in [6.07, 6.45) is 0.272. The molecule has 6 nitrogen and oxygen atoms in total. The van der Waals surface area contributed by atoms with E-state index in [0.29, 0.717) is 29.4 Å². The number of ether oxygens (including phenoxy) is 3. The number of amides is 1. The number of methoxy groups -OCH3 is 3. The summed E-state index contributed by atoms with van der Waals surface area (Å²) in [4.78, 5) is 24.2. The van der Waals surface area contributed by atoms with E-state index >= 15 is 0 Å². The minimum atomic E-state index is -0.184. The molecule has 0 radical (unpaired) electrons. The van der Waals surface area contributed by atoms with E-state index in [9.17, 15) is 9.59 Å². The van der Waals surface area contributed by atoms with Gasteiger partial charge in [0.15, 0.2) is 17.3 Å². The number of ketones is 1. The van der Waals surface area contributed by atoms with Gasteiger partial charge in [0.2, 0.25) is 5.91 Å². The van der Waals surface area contributed by atoms with Crippen molar-refractivity contribution in [3.05, 3.63) is 53.6 Å². The fraction of sp³-hybridized carbons (Fsp3) is 0.300. The summed E-state index contributed by atoms with van der Waals surface area (Å²) in [5.41, 5.74) is 1.42. The first kappa shape index (κ1) is 19.3. The molecule has 1 amide bonds. The van der Waals surface area contributed by atoms with E-state index in [2.05, 4.69) is 5.32 Å². The van der Waals surface area contributed by atoms with E-state index in [4.69, 9.17) is 14.2 Å². The molecule has 2 aromatic rings. The molecule has 0 unspecified atom stereocenters. The zero-order valence-corrected chi connectivity index (χ0v) is 15.2. The van der Waals surface area contributed by atoms with Crippen molar-refractivity contribution >= 4 is 11.7 Å². The minimum absolute atomic E-state index is 0.0924. The van der Waals surface area contributed by atoms with Gasteiger partial charge in [0.1, 0.15) is 5.75 Å². The van der Waals surface area contributed by atoms with Gasteiger partial charge in [-0.15, -0.1) is 0 Å². The lowest BCUT2D eigenvalue weighted by Gasteiger charge is -2.10. The lowest BCUT2D eigenvalue weighted by Crippen LogP contribution is -2.23. The quantitative estimate of drug-likeness (QED) is 0.699. The number of rotatable bonds is 9. The third kappa shape index (κ3) is 5.24. The van der Waals surface area contributed by atoms with Gasteiger partial charge >= 0.3 is 0 Å². The normalized spacial score (nSPS) is 10.1. The number of carbonyl (C=O) groups is 2. The van der Waals surface area contributed by atoms with E-state index in [0.717, 1.165) is 5.56 Å². The summed E-state index contributed by atoms with van der Waals surface area (Å²) >= 11 is 0. The largest absolute Gasteiger partial charge is 0.497 e. The fourth-order valence-electron chi connectivity index (χ4n) is 2.45. The van der Waals surface area contributed by atoms with Crippen LogP contribution in [0.2, 0.25) is 0 Å². The molecule has 2 rings (SSSR count). The van der Waals surface area contributed by atoms with Crippen LogP contribution in [0, 0.1) is 0 Å². The average molecular weight is 357 g/mol. The van der Waals surface area contributed by atoms with Gasteiger partial charge in [-0.25, -0.2) is 0 Å². The first-order chi connectivity index (χ1) is 12.6. The van der Waals surface area contributed by atoms with Crippen molar-refractivity contribution in [2.45, 2.75) is 19.4 Å². The van der Waals surface area contributed by atoms with Gasteiger partial charge in [-0.05, 0) is 29.8 Å². The Balaban J connectivity index is 1.84. The second-order valence-corrected chi connectivity index (χ2v) is 5.62. The molecule has 0 saturated carbocycles. The third-order valence-electron chi connectivity index (χ3n) is 3.91. The van der Waals surface area contributed by atoms with Crippen LogP contribution in [0.1, 0.15) is 28.8 Å². The van der Waals surface area contributed by atoms with Crippen molar-refractivity contribution in [2.24, 2.45) is 0 Å². The Morgan fingerprint density at radius 3 is 2.35 bits per heavy atom. The van der Waals surface area contributed by atoms with Crippen molar-refractivity contribution in [1.29, 1.82) is 0 Å². The second-order valence-electron chi connectivity index (χ2n) is 5.62. The van der Waals surface area contributed by atoms with Crippen molar-refractivity contribution < 1.29 is 23.8 Å². The van der Waals surface area contributed by atoms with Gasteiger partial charge in [0.05, 0.1) is 21.3 Å². The number of hydrogen-bond donors (Lipinski definition) is 1. The van der Waals surface area contributed by atoms with Crippen LogP contribution < -0.4 is 19.5 Å². The number of Topliss-reactive ketones (excluding diaryl/α,β-unsaturated/α-hetero) is 1. The molecular weight excluding hydrogens is 334 g/mol. The second kappa shape index (κ2) is 9.46. The monoisotopic (exact) mass is 357 g/mol. The Hall–Kier alpha value is -3.02. The molecule has 0 aromatic heterocycles. The first-order valence-corrected chi connectivity index (χ1v) is 8.22. The highest BCUT2D eigenvalue weighted by molar-refractivity contribution is 5.98. The van der Waals surface area contributed by atoms with Gasteiger partial charge in [-0.3, -0.25) is 9.59 Å². The summed E-state index contributed by atoms with van der Waals surface area (Å²) in [5, 5.41) is 2.80. The maximum atomic E-state index is 12.2. The van der Waals surface area contributed by atoms with Gasteiger partial charge < -0.3 is 19.5 Å². The van der Waals surface area contributed by atoms with Crippen LogP contribution in [0.4, 0.5) is 0 Å². The van der Waals surface area contributed by atoms with Gasteiger partial charge in [-0.2, -0.15) is 0 Å². The minimum Gasteiger partial charge on any atom is -0.497 e. The predicted molar refractivity (Wildman–Crippen MR) is 98.0 cm³/mol. The van der Waals surface area contributed by atoms with Crippen LogP contribution in [-0.2, 0) is 11.3 Å². The Kier molecular flexibility index (Phi) is 7.02. The molecular formula is C20H23NO5. The molecule has 2 aromatic carbocycles. The van der Waals surface area contributed by atoms with Crippen LogP contribution >= 0.6 is 0 Å². The molecule has 0 heterocycles. The molecule has 0 saturated heterocycles. The zero-order valence-electron chi connectivity index (χ0n) is 15.2. The SMILES string of the molecule is COc1cccc(C(=O)CCC(=O)NCc2ccc(OC)c(OC)c2)c1. The van der Waals surface area contributed by atoms with Crippen LogP contribution in [0.15, 0.2) is 42.5 Å². The molecule has 0 aliphatic rings. The summed E-state index contributed by atoms with van der Waals surface area (Å²) < 4.78 is 15.5. The maximum Gasteiger partial charge on any atom is 0.220 e. The van der Waals surface area contributed by atoms with Crippen molar-refractivity contribution in [1.82, 2.24) is 5.32 Å². The Morgan fingerprint density at radius 2 is 1.65 bits per heavy atom. The van der Waals surface area contributed by atoms with Crippen LogP contribution in [0.25, 0.3) is 0 Å².